The predicted octanol–water partition coefficient (Wildman–Crippen LogP) is 0.514. The van der Waals surface area contributed by atoms with Crippen molar-refractivity contribution in [3.05, 3.63) is 11.9 Å². The molecule has 2 rings (SSSR count). The van der Waals surface area contributed by atoms with E-state index in [9.17, 15) is 0 Å². The number of rotatable bonds is 2. The van der Waals surface area contributed by atoms with Crippen LogP contribution in [0.15, 0.2) is 6.20 Å². The SMILES string of the molecule is Cc1cnc(N2CCC(CN)C2)n1C. The second-order valence-corrected chi connectivity index (χ2v) is 4.10. The first-order chi connectivity index (χ1) is 6.72. The van der Waals surface area contributed by atoms with Gasteiger partial charge < -0.3 is 15.2 Å². The molecule has 0 radical (unpaired) electrons. The molecule has 1 aromatic rings. The molecule has 2 heterocycles. The molecule has 1 aliphatic rings. The summed E-state index contributed by atoms with van der Waals surface area (Å²) < 4.78 is 2.14. The first kappa shape index (κ1) is 9.52. The van der Waals surface area contributed by atoms with Gasteiger partial charge in [-0.15, -0.1) is 0 Å². The van der Waals surface area contributed by atoms with Crippen LogP contribution in [-0.2, 0) is 7.05 Å². The molecule has 0 saturated carbocycles. The van der Waals surface area contributed by atoms with E-state index in [-0.39, 0.29) is 0 Å². The van der Waals surface area contributed by atoms with Crippen LogP contribution in [0.25, 0.3) is 0 Å². The van der Waals surface area contributed by atoms with E-state index < -0.39 is 0 Å². The van der Waals surface area contributed by atoms with Crippen LogP contribution < -0.4 is 10.6 Å². The van der Waals surface area contributed by atoms with E-state index in [1.54, 1.807) is 0 Å². The lowest BCUT2D eigenvalue weighted by molar-refractivity contribution is 0.601. The number of nitrogens with zero attached hydrogens (tertiary/aromatic N) is 3. The quantitative estimate of drug-likeness (QED) is 0.746. The molecule has 0 bridgehead atoms. The minimum atomic E-state index is 0.645. The van der Waals surface area contributed by atoms with Crippen molar-refractivity contribution in [3.63, 3.8) is 0 Å². The molecule has 1 atom stereocenters. The van der Waals surface area contributed by atoms with Crippen LogP contribution in [0.4, 0.5) is 5.95 Å². The molecule has 0 aromatic carbocycles. The second kappa shape index (κ2) is 3.61. The number of imidazole rings is 1. The van der Waals surface area contributed by atoms with E-state index in [1.165, 1.54) is 12.1 Å². The average molecular weight is 194 g/mol. The van der Waals surface area contributed by atoms with Gasteiger partial charge in [-0.1, -0.05) is 0 Å². The highest BCUT2D eigenvalue weighted by Crippen LogP contribution is 2.21. The van der Waals surface area contributed by atoms with Crippen molar-refractivity contribution in [1.29, 1.82) is 0 Å². The summed E-state index contributed by atoms with van der Waals surface area (Å²) in [5, 5.41) is 0. The van der Waals surface area contributed by atoms with Gasteiger partial charge in [-0.2, -0.15) is 0 Å². The maximum absolute atomic E-state index is 5.66. The molecule has 78 valence electrons. The van der Waals surface area contributed by atoms with E-state index in [1.807, 2.05) is 6.20 Å². The van der Waals surface area contributed by atoms with Crippen LogP contribution in [0.5, 0.6) is 0 Å². The van der Waals surface area contributed by atoms with Crippen molar-refractivity contribution in [2.24, 2.45) is 18.7 Å². The molecule has 0 amide bonds. The summed E-state index contributed by atoms with van der Waals surface area (Å²) in [6.45, 7) is 5.01. The number of aromatic nitrogens is 2. The summed E-state index contributed by atoms with van der Waals surface area (Å²) in [4.78, 5) is 6.74. The van der Waals surface area contributed by atoms with Gasteiger partial charge in [-0.05, 0) is 25.8 Å². The monoisotopic (exact) mass is 194 g/mol. The van der Waals surface area contributed by atoms with Gasteiger partial charge in [0.05, 0.1) is 6.20 Å². The summed E-state index contributed by atoms with van der Waals surface area (Å²) in [6.07, 6.45) is 3.12. The molecule has 2 N–H and O–H groups in total. The molecule has 1 unspecified atom stereocenters. The van der Waals surface area contributed by atoms with Gasteiger partial charge in [0.15, 0.2) is 0 Å². The highest BCUT2D eigenvalue weighted by atomic mass is 15.3. The number of aryl methyl sites for hydroxylation is 1. The van der Waals surface area contributed by atoms with Crippen LogP contribution >= 0.6 is 0 Å². The van der Waals surface area contributed by atoms with E-state index in [4.69, 9.17) is 5.73 Å². The van der Waals surface area contributed by atoms with Crippen molar-refractivity contribution >= 4 is 5.95 Å². The molecule has 14 heavy (non-hydrogen) atoms. The Hall–Kier alpha value is -1.03. The molecule has 1 saturated heterocycles. The first-order valence-electron chi connectivity index (χ1n) is 5.15. The molecule has 4 nitrogen and oxygen atoms in total. The minimum Gasteiger partial charge on any atom is -0.342 e. The molecule has 0 aliphatic carbocycles. The minimum absolute atomic E-state index is 0.645. The lowest BCUT2D eigenvalue weighted by Crippen LogP contribution is -2.25. The van der Waals surface area contributed by atoms with Gasteiger partial charge in [-0.25, -0.2) is 4.98 Å². The van der Waals surface area contributed by atoms with E-state index in [0.29, 0.717) is 5.92 Å². The van der Waals surface area contributed by atoms with Gasteiger partial charge in [-0.3, -0.25) is 0 Å². The third-order valence-electron chi connectivity index (χ3n) is 3.10. The van der Waals surface area contributed by atoms with E-state index >= 15 is 0 Å². The molecule has 0 spiro atoms. The Bertz CT molecular complexity index is 318. The molecule has 1 aromatic heterocycles. The number of hydrogen-bond donors (Lipinski definition) is 1. The Labute approximate surface area is 84.7 Å². The van der Waals surface area contributed by atoms with Gasteiger partial charge in [0.25, 0.3) is 0 Å². The zero-order valence-electron chi connectivity index (χ0n) is 8.90. The van der Waals surface area contributed by atoms with Gasteiger partial charge in [0, 0.05) is 25.8 Å². The topological polar surface area (TPSA) is 47.1 Å². The number of hydrogen-bond acceptors (Lipinski definition) is 3. The lowest BCUT2D eigenvalue weighted by Gasteiger charge is -2.17. The fraction of sp³-hybridized carbons (Fsp3) is 0.700. The maximum atomic E-state index is 5.66. The Balaban J connectivity index is 2.13. The molecular weight excluding hydrogens is 176 g/mol. The first-order valence-corrected chi connectivity index (χ1v) is 5.15. The van der Waals surface area contributed by atoms with Crippen molar-refractivity contribution < 1.29 is 0 Å². The van der Waals surface area contributed by atoms with Crippen molar-refractivity contribution in [2.75, 3.05) is 24.5 Å². The normalized spacial score (nSPS) is 21.9. The van der Waals surface area contributed by atoms with Crippen LogP contribution in [-0.4, -0.2) is 29.2 Å². The van der Waals surface area contributed by atoms with Crippen molar-refractivity contribution in [2.45, 2.75) is 13.3 Å². The van der Waals surface area contributed by atoms with Gasteiger partial charge >= 0.3 is 0 Å². The smallest absolute Gasteiger partial charge is 0.205 e. The third-order valence-corrected chi connectivity index (χ3v) is 3.10. The number of nitrogens with two attached hydrogens (primary N) is 1. The standard InChI is InChI=1S/C10H18N4/c1-8-6-12-10(13(8)2)14-4-3-9(5-11)7-14/h6,9H,3-5,7,11H2,1-2H3. The summed E-state index contributed by atoms with van der Waals surface area (Å²) in [5.74, 6) is 1.73. The van der Waals surface area contributed by atoms with Crippen LogP contribution in [0.1, 0.15) is 12.1 Å². The summed E-state index contributed by atoms with van der Waals surface area (Å²) in [5.41, 5.74) is 6.87. The number of anilines is 1. The summed E-state index contributed by atoms with van der Waals surface area (Å²) in [6, 6.07) is 0. The van der Waals surface area contributed by atoms with Crippen LogP contribution in [0.3, 0.4) is 0 Å². The maximum Gasteiger partial charge on any atom is 0.205 e. The fourth-order valence-electron chi connectivity index (χ4n) is 1.98. The van der Waals surface area contributed by atoms with Gasteiger partial charge in [0.2, 0.25) is 5.95 Å². The fourth-order valence-corrected chi connectivity index (χ4v) is 1.98. The van der Waals surface area contributed by atoms with Crippen molar-refractivity contribution in [3.8, 4) is 0 Å². The van der Waals surface area contributed by atoms with Crippen molar-refractivity contribution in [1.82, 2.24) is 9.55 Å². The largest absolute Gasteiger partial charge is 0.342 e. The van der Waals surface area contributed by atoms with E-state index in [0.717, 1.165) is 25.6 Å². The molecule has 1 aliphatic heterocycles. The second-order valence-electron chi connectivity index (χ2n) is 4.10. The highest BCUT2D eigenvalue weighted by molar-refractivity contribution is 5.34. The zero-order valence-corrected chi connectivity index (χ0v) is 8.90. The summed E-state index contributed by atoms with van der Waals surface area (Å²) >= 11 is 0. The zero-order chi connectivity index (χ0) is 10.1. The highest BCUT2D eigenvalue weighted by Gasteiger charge is 2.23. The molecule has 4 heteroatoms. The van der Waals surface area contributed by atoms with Crippen LogP contribution in [0.2, 0.25) is 0 Å². The lowest BCUT2D eigenvalue weighted by atomic mass is 10.1. The van der Waals surface area contributed by atoms with E-state index in [2.05, 4.69) is 28.4 Å². The Morgan fingerprint density at radius 1 is 1.64 bits per heavy atom. The Morgan fingerprint density at radius 2 is 2.43 bits per heavy atom. The Morgan fingerprint density at radius 3 is 2.93 bits per heavy atom. The molecular formula is C10H18N4. The van der Waals surface area contributed by atoms with Gasteiger partial charge in [0.1, 0.15) is 0 Å². The Kier molecular flexibility index (Phi) is 2.46. The average Bonchev–Trinajstić information content (AvgIpc) is 2.75. The summed E-state index contributed by atoms with van der Waals surface area (Å²) in [7, 11) is 2.06. The third kappa shape index (κ3) is 1.50. The van der Waals surface area contributed by atoms with Crippen LogP contribution in [0, 0.1) is 12.8 Å². The predicted molar refractivity (Wildman–Crippen MR) is 57.3 cm³/mol. The molecule has 1 fully saturated rings.